The molecule has 0 bridgehead atoms. The van der Waals surface area contributed by atoms with E-state index in [1.54, 1.807) is 0 Å². The molecule has 0 aliphatic rings. The van der Waals surface area contributed by atoms with Crippen LogP contribution in [0.3, 0.4) is 0 Å². The Kier molecular flexibility index (Phi) is 10.2. The molecule has 0 aliphatic carbocycles. The summed E-state index contributed by atoms with van der Waals surface area (Å²) >= 11 is 9.81. The maximum atomic E-state index is 6.65. The van der Waals surface area contributed by atoms with Crippen LogP contribution in [0, 0.1) is 0 Å². The molecular weight excluding hydrogens is 370 g/mol. The second kappa shape index (κ2) is 11.0. The monoisotopic (exact) mass is 396 g/mol. The molecule has 0 amide bonds. The molecule has 0 aromatic heterocycles. The van der Waals surface area contributed by atoms with Gasteiger partial charge >= 0.3 is 142 Å². The van der Waals surface area contributed by atoms with Gasteiger partial charge in [-0.1, -0.05) is 0 Å². The fourth-order valence-corrected chi connectivity index (χ4v) is 5.31. The molecule has 1 aromatic carbocycles. The quantitative estimate of drug-likeness (QED) is 0.217. The van der Waals surface area contributed by atoms with E-state index in [-0.39, 0.29) is 5.12 Å². The third-order valence-corrected chi connectivity index (χ3v) is 9.72. The van der Waals surface area contributed by atoms with E-state index in [0.717, 1.165) is 32.1 Å². The second-order valence-corrected chi connectivity index (χ2v) is 11.3. The first-order valence-corrected chi connectivity index (χ1v) is 12.0. The molecule has 0 radical (unpaired) electrons. The Hall–Kier alpha value is 0.379. The van der Waals surface area contributed by atoms with E-state index in [9.17, 15) is 0 Å². The maximum absolute atomic E-state index is 6.65. The summed E-state index contributed by atoms with van der Waals surface area (Å²) in [4.78, 5) is 0. The Bertz CT molecular complexity index is 414. The first kappa shape index (κ1) is 19.4. The summed E-state index contributed by atoms with van der Waals surface area (Å²) < 4.78 is 12.1. The molecule has 120 valence electrons. The molecule has 1 aromatic rings. The Morgan fingerprint density at radius 1 is 1.05 bits per heavy atom. The van der Waals surface area contributed by atoms with Crippen LogP contribution >= 0.6 is 17.6 Å². The third-order valence-electron chi connectivity index (χ3n) is 3.13. The SMILES string of the molecule is CCCCOP(=[Se])(OCCCC)C(Cl)Cc1ccccc1. The zero-order chi connectivity index (χ0) is 15.6. The van der Waals surface area contributed by atoms with Gasteiger partial charge < -0.3 is 0 Å². The molecule has 2 nitrogen and oxygen atoms in total. The van der Waals surface area contributed by atoms with Crippen molar-refractivity contribution in [1.82, 2.24) is 0 Å². The van der Waals surface area contributed by atoms with Gasteiger partial charge in [0.15, 0.2) is 0 Å². The van der Waals surface area contributed by atoms with Gasteiger partial charge in [-0.3, -0.25) is 0 Å². The van der Waals surface area contributed by atoms with Crippen LogP contribution in [0.4, 0.5) is 0 Å². The molecule has 5 heteroatoms. The van der Waals surface area contributed by atoms with Gasteiger partial charge in [-0.2, -0.15) is 0 Å². The molecular formula is C16H26ClO2PSe. The molecule has 0 aliphatic heterocycles. The van der Waals surface area contributed by atoms with Crippen LogP contribution in [0.25, 0.3) is 0 Å². The standard InChI is InChI=1S/C16H26ClO2PSe/c1-3-5-12-18-20(21,19-13-6-4-2)16(17)14-15-10-8-7-9-11-15/h7-11,16H,3-6,12-14H2,1-2H3. The average molecular weight is 396 g/mol. The Morgan fingerprint density at radius 3 is 2.05 bits per heavy atom. The van der Waals surface area contributed by atoms with Crippen molar-refractivity contribution in [2.24, 2.45) is 0 Å². The van der Waals surface area contributed by atoms with Crippen LogP contribution in [0.15, 0.2) is 30.3 Å². The van der Waals surface area contributed by atoms with Crippen LogP contribution in [0.1, 0.15) is 45.1 Å². The van der Waals surface area contributed by atoms with E-state index in [1.807, 2.05) is 18.2 Å². The number of benzene rings is 1. The Balaban J connectivity index is 2.66. The van der Waals surface area contributed by atoms with Crippen molar-refractivity contribution in [3.05, 3.63) is 35.9 Å². The van der Waals surface area contributed by atoms with Gasteiger partial charge in [-0.25, -0.2) is 0 Å². The minimum atomic E-state index is -2.14. The van der Waals surface area contributed by atoms with Gasteiger partial charge in [0.05, 0.1) is 0 Å². The third kappa shape index (κ3) is 7.46. The molecule has 0 N–H and O–H groups in total. The van der Waals surface area contributed by atoms with Crippen molar-refractivity contribution in [2.45, 2.75) is 51.1 Å². The number of hydrogen-bond donors (Lipinski definition) is 0. The van der Waals surface area contributed by atoms with Gasteiger partial charge in [0.2, 0.25) is 0 Å². The summed E-state index contributed by atoms with van der Waals surface area (Å²) in [5.41, 5.74) is 1.22. The number of halogens is 1. The summed E-state index contributed by atoms with van der Waals surface area (Å²) in [7, 11) is 0. The van der Waals surface area contributed by atoms with Gasteiger partial charge in [-0.15, -0.1) is 0 Å². The first-order chi connectivity index (χ1) is 10.1. The van der Waals surface area contributed by atoms with Gasteiger partial charge in [0, 0.05) is 0 Å². The molecule has 0 saturated carbocycles. The summed E-state index contributed by atoms with van der Waals surface area (Å²) in [6.07, 6.45) is 5.06. The average Bonchev–Trinajstić information content (AvgIpc) is 2.49. The zero-order valence-corrected chi connectivity index (χ0v) is 16.3. The Labute approximate surface area is 141 Å². The van der Waals surface area contributed by atoms with E-state index in [0.29, 0.717) is 13.2 Å². The molecule has 1 unspecified atom stereocenters. The van der Waals surface area contributed by atoms with Crippen LogP contribution in [-0.2, 0) is 15.5 Å². The van der Waals surface area contributed by atoms with Crippen LogP contribution in [-0.4, -0.2) is 33.4 Å². The van der Waals surface area contributed by atoms with Crippen LogP contribution in [0.5, 0.6) is 0 Å². The minimum absolute atomic E-state index is 0.145. The first-order valence-electron chi connectivity index (χ1n) is 7.69. The van der Waals surface area contributed by atoms with Crippen molar-refractivity contribution in [3.8, 4) is 0 Å². The number of hydrogen-bond acceptors (Lipinski definition) is 2. The molecule has 1 rings (SSSR count). The summed E-state index contributed by atoms with van der Waals surface area (Å²) in [5.74, 6) is -2.14. The normalized spacial score (nSPS) is 13.3. The number of rotatable bonds is 11. The van der Waals surface area contributed by atoms with E-state index < -0.39 is 5.96 Å². The number of alkyl halides is 1. The van der Waals surface area contributed by atoms with E-state index >= 15 is 0 Å². The van der Waals surface area contributed by atoms with E-state index in [4.69, 9.17) is 20.6 Å². The zero-order valence-electron chi connectivity index (χ0n) is 13.0. The van der Waals surface area contributed by atoms with Gasteiger partial charge in [0.25, 0.3) is 0 Å². The fraction of sp³-hybridized carbons (Fsp3) is 0.625. The predicted octanol–water partition coefficient (Wildman–Crippen LogP) is 5.36. The van der Waals surface area contributed by atoms with Crippen LogP contribution < -0.4 is 0 Å². The number of unbranched alkanes of at least 4 members (excludes halogenated alkanes) is 2. The van der Waals surface area contributed by atoms with E-state index in [1.165, 1.54) is 5.56 Å². The molecule has 0 spiro atoms. The van der Waals surface area contributed by atoms with E-state index in [2.05, 4.69) is 41.1 Å². The molecule has 1 atom stereocenters. The van der Waals surface area contributed by atoms with Crippen molar-refractivity contribution in [2.75, 3.05) is 13.2 Å². The molecule has 0 saturated heterocycles. The van der Waals surface area contributed by atoms with Gasteiger partial charge in [0.1, 0.15) is 0 Å². The van der Waals surface area contributed by atoms with Crippen molar-refractivity contribution in [1.29, 1.82) is 0 Å². The molecule has 0 heterocycles. The Morgan fingerprint density at radius 2 is 1.57 bits per heavy atom. The van der Waals surface area contributed by atoms with Crippen molar-refractivity contribution >= 4 is 32.7 Å². The summed E-state index contributed by atoms with van der Waals surface area (Å²) in [6, 6.07) is 10.3. The van der Waals surface area contributed by atoms with Crippen LogP contribution in [0.2, 0.25) is 0 Å². The summed E-state index contributed by atoms with van der Waals surface area (Å²) in [5, 5.41) is -0.145. The molecule has 21 heavy (non-hydrogen) atoms. The predicted molar refractivity (Wildman–Crippen MR) is 94.2 cm³/mol. The van der Waals surface area contributed by atoms with Crippen molar-refractivity contribution in [3.63, 3.8) is 0 Å². The molecule has 0 fully saturated rings. The summed E-state index contributed by atoms with van der Waals surface area (Å²) in [6.45, 7) is 5.73. The fourth-order valence-electron chi connectivity index (χ4n) is 1.79. The van der Waals surface area contributed by atoms with Crippen molar-refractivity contribution < 1.29 is 9.05 Å². The topological polar surface area (TPSA) is 18.5 Å². The second-order valence-electron chi connectivity index (χ2n) is 5.04. The van der Waals surface area contributed by atoms with Gasteiger partial charge in [-0.05, 0) is 0 Å².